The molecule has 0 amide bonds. The maximum absolute atomic E-state index is 5.83. The number of methoxy groups -OCH3 is 2. The van der Waals surface area contributed by atoms with E-state index >= 15 is 0 Å². The maximum Gasteiger partial charge on any atom is 0.194 e. The minimum atomic E-state index is 0.598. The van der Waals surface area contributed by atoms with E-state index in [-0.39, 0.29) is 0 Å². The van der Waals surface area contributed by atoms with Crippen molar-refractivity contribution in [3.63, 3.8) is 0 Å². The largest absolute Gasteiger partial charge is 0.497 e. The van der Waals surface area contributed by atoms with Gasteiger partial charge in [-0.25, -0.2) is 4.98 Å². The van der Waals surface area contributed by atoms with Gasteiger partial charge in [0.2, 0.25) is 0 Å². The van der Waals surface area contributed by atoms with E-state index in [9.17, 15) is 0 Å². The predicted octanol–water partition coefficient (Wildman–Crippen LogP) is 3.45. The number of thiazole rings is 1. The second kappa shape index (κ2) is 6.83. The van der Waals surface area contributed by atoms with Crippen LogP contribution in [0.4, 0.5) is 0 Å². The van der Waals surface area contributed by atoms with E-state index in [1.165, 1.54) is 10.6 Å². The van der Waals surface area contributed by atoms with Gasteiger partial charge in [0.1, 0.15) is 11.5 Å². The van der Waals surface area contributed by atoms with E-state index in [1.807, 2.05) is 25.1 Å². The average Bonchev–Trinajstić information content (AvgIpc) is 3.10. The van der Waals surface area contributed by atoms with Gasteiger partial charge in [-0.2, -0.15) is 0 Å². The van der Waals surface area contributed by atoms with E-state index in [0.717, 1.165) is 46.3 Å². The van der Waals surface area contributed by atoms with Crippen molar-refractivity contribution in [3.05, 3.63) is 34.5 Å². The Bertz CT molecular complexity index is 867. The van der Waals surface area contributed by atoms with Gasteiger partial charge in [-0.15, -0.1) is 11.3 Å². The Balaban J connectivity index is 2.36. The first-order chi connectivity index (χ1) is 11.6. The lowest BCUT2D eigenvalue weighted by Gasteiger charge is -2.13. The van der Waals surface area contributed by atoms with E-state index in [0.29, 0.717) is 6.54 Å². The first-order valence-corrected chi connectivity index (χ1v) is 8.88. The first-order valence-electron chi connectivity index (χ1n) is 8.06. The molecule has 0 saturated carbocycles. The van der Waals surface area contributed by atoms with E-state index in [4.69, 9.17) is 20.2 Å². The molecule has 3 rings (SSSR count). The minimum absolute atomic E-state index is 0.598. The van der Waals surface area contributed by atoms with E-state index in [2.05, 4.69) is 11.3 Å². The number of nitrogens with zero attached hydrogens (tertiary/aromatic N) is 2. The van der Waals surface area contributed by atoms with Crippen LogP contribution in [0, 0.1) is 6.92 Å². The summed E-state index contributed by atoms with van der Waals surface area (Å²) < 4.78 is 13.3. The number of nitrogens with two attached hydrogens (primary N) is 1. The summed E-state index contributed by atoms with van der Waals surface area (Å²) in [7, 11) is 3.37. The second-order valence-corrected chi connectivity index (χ2v) is 6.66. The number of aryl methyl sites for hydroxylation is 2. The van der Waals surface area contributed by atoms with E-state index in [1.54, 1.807) is 25.6 Å². The normalized spacial score (nSPS) is 11.2. The van der Waals surface area contributed by atoms with Crippen molar-refractivity contribution in [2.45, 2.75) is 26.7 Å². The Morgan fingerprint density at radius 3 is 2.67 bits per heavy atom. The zero-order valence-corrected chi connectivity index (χ0v) is 15.4. The third-order valence-electron chi connectivity index (χ3n) is 4.21. The highest BCUT2D eigenvalue weighted by Gasteiger charge is 2.22. The molecule has 5 nitrogen and oxygen atoms in total. The Morgan fingerprint density at radius 1 is 1.25 bits per heavy atom. The Morgan fingerprint density at radius 2 is 2.04 bits per heavy atom. The number of benzene rings is 1. The van der Waals surface area contributed by atoms with Gasteiger partial charge in [0.15, 0.2) is 4.96 Å². The molecule has 0 aliphatic carbocycles. The summed E-state index contributed by atoms with van der Waals surface area (Å²) in [6, 6.07) is 5.89. The van der Waals surface area contributed by atoms with Crippen LogP contribution in [0.3, 0.4) is 0 Å². The van der Waals surface area contributed by atoms with Crippen LogP contribution in [-0.2, 0) is 12.8 Å². The van der Waals surface area contributed by atoms with Crippen LogP contribution in [0.15, 0.2) is 18.2 Å². The number of hydrogen-bond acceptors (Lipinski definition) is 5. The number of fused-ring (bicyclic) bond motifs is 1. The third-order valence-corrected chi connectivity index (χ3v) is 5.39. The third kappa shape index (κ3) is 2.65. The van der Waals surface area contributed by atoms with E-state index < -0.39 is 0 Å². The molecule has 3 aromatic rings. The molecule has 2 N–H and O–H groups in total. The van der Waals surface area contributed by atoms with Crippen molar-refractivity contribution >= 4 is 16.3 Å². The molecule has 2 heterocycles. The molecule has 0 unspecified atom stereocenters. The van der Waals surface area contributed by atoms with Crippen LogP contribution in [0.25, 0.3) is 16.2 Å². The van der Waals surface area contributed by atoms with Crippen LogP contribution in [0.2, 0.25) is 0 Å². The van der Waals surface area contributed by atoms with Crippen molar-refractivity contribution in [1.82, 2.24) is 9.38 Å². The van der Waals surface area contributed by atoms with Gasteiger partial charge < -0.3 is 15.2 Å². The Hall–Kier alpha value is -2.05. The minimum Gasteiger partial charge on any atom is -0.497 e. The number of imidazole rings is 1. The summed E-state index contributed by atoms with van der Waals surface area (Å²) in [5.41, 5.74) is 10.2. The monoisotopic (exact) mass is 345 g/mol. The van der Waals surface area contributed by atoms with Crippen molar-refractivity contribution in [2.75, 3.05) is 20.8 Å². The fourth-order valence-electron chi connectivity index (χ4n) is 3.06. The van der Waals surface area contributed by atoms with Gasteiger partial charge in [-0.1, -0.05) is 6.92 Å². The summed E-state index contributed by atoms with van der Waals surface area (Å²) in [6.45, 7) is 4.81. The molecular formula is C18H23N3O2S. The topological polar surface area (TPSA) is 61.8 Å². The summed E-state index contributed by atoms with van der Waals surface area (Å²) in [5.74, 6) is 1.64. The Labute approximate surface area is 146 Å². The molecule has 0 aliphatic rings. The zero-order chi connectivity index (χ0) is 17.3. The number of hydrogen-bond donors (Lipinski definition) is 1. The molecule has 0 atom stereocenters. The quantitative estimate of drug-likeness (QED) is 0.743. The molecule has 2 aromatic heterocycles. The molecular weight excluding hydrogens is 322 g/mol. The molecule has 0 fully saturated rings. The molecule has 0 bridgehead atoms. The van der Waals surface area contributed by atoms with Gasteiger partial charge in [0, 0.05) is 22.6 Å². The zero-order valence-electron chi connectivity index (χ0n) is 14.5. The van der Waals surface area contributed by atoms with Crippen molar-refractivity contribution in [3.8, 4) is 22.8 Å². The van der Waals surface area contributed by atoms with Crippen molar-refractivity contribution in [2.24, 2.45) is 5.73 Å². The molecule has 0 spiro atoms. The summed E-state index contributed by atoms with van der Waals surface area (Å²) in [6.07, 6.45) is 1.73. The molecule has 0 aliphatic heterocycles. The molecule has 6 heteroatoms. The maximum atomic E-state index is 5.83. The molecule has 24 heavy (non-hydrogen) atoms. The summed E-state index contributed by atoms with van der Waals surface area (Å²) >= 11 is 1.73. The first kappa shape index (κ1) is 16.8. The standard InChI is InChI=1S/C18H23N3O2S/c1-5-16-17(13-10-12(22-3)6-7-15(13)23-4)21-14(8-9-19)11(2)20-18(21)24-16/h6-7,10H,5,8-9,19H2,1-4H3. The summed E-state index contributed by atoms with van der Waals surface area (Å²) in [4.78, 5) is 7.03. The highest BCUT2D eigenvalue weighted by atomic mass is 32.1. The average molecular weight is 345 g/mol. The van der Waals surface area contributed by atoms with Crippen molar-refractivity contribution < 1.29 is 9.47 Å². The molecule has 128 valence electrons. The van der Waals surface area contributed by atoms with Crippen molar-refractivity contribution in [1.29, 1.82) is 0 Å². The van der Waals surface area contributed by atoms with Crippen LogP contribution < -0.4 is 15.2 Å². The number of rotatable bonds is 6. The second-order valence-electron chi connectivity index (χ2n) is 5.59. The number of ether oxygens (including phenoxy) is 2. The molecule has 0 radical (unpaired) electrons. The highest BCUT2D eigenvalue weighted by Crippen LogP contribution is 2.40. The van der Waals surface area contributed by atoms with Crippen LogP contribution in [0.1, 0.15) is 23.2 Å². The van der Waals surface area contributed by atoms with Gasteiger partial charge >= 0.3 is 0 Å². The lowest BCUT2D eigenvalue weighted by molar-refractivity contribution is 0.404. The van der Waals surface area contributed by atoms with Gasteiger partial charge in [0.05, 0.1) is 25.6 Å². The Kier molecular flexibility index (Phi) is 4.78. The number of aromatic nitrogens is 2. The van der Waals surface area contributed by atoms with Crippen LogP contribution in [-0.4, -0.2) is 30.1 Å². The fraction of sp³-hybridized carbons (Fsp3) is 0.389. The summed E-state index contributed by atoms with van der Waals surface area (Å²) in [5, 5.41) is 0. The van der Waals surface area contributed by atoms with Crippen LogP contribution >= 0.6 is 11.3 Å². The molecule has 0 saturated heterocycles. The lowest BCUT2D eigenvalue weighted by Crippen LogP contribution is -2.07. The fourth-order valence-corrected chi connectivity index (χ4v) is 4.19. The lowest BCUT2D eigenvalue weighted by atomic mass is 10.1. The van der Waals surface area contributed by atoms with Crippen LogP contribution in [0.5, 0.6) is 11.5 Å². The smallest absolute Gasteiger partial charge is 0.194 e. The molecule has 1 aromatic carbocycles. The predicted molar refractivity (Wildman–Crippen MR) is 98.5 cm³/mol. The SMILES string of the molecule is CCc1sc2nc(C)c(CCN)n2c1-c1cc(OC)ccc1OC. The van der Waals surface area contributed by atoms with Gasteiger partial charge in [-0.3, -0.25) is 4.40 Å². The van der Waals surface area contributed by atoms with Gasteiger partial charge in [-0.05, 0) is 38.1 Å². The van der Waals surface area contributed by atoms with Gasteiger partial charge in [0.25, 0.3) is 0 Å². The highest BCUT2D eigenvalue weighted by molar-refractivity contribution is 7.17.